The number of pyridine rings is 1. The van der Waals surface area contributed by atoms with Gasteiger partial charge < -0.3 is 11.1 Å². The molecule has 0 aromatic carbocycles. The van der Waals surface area contributed by atoms with E-state index < -0.39 is 0 Å². The quantitative estimate of drug-likeness (QED) is 0.878. The molecular weight excluding hydrogens is 266 g/mol. The molecule has 1 aromatic rings. The molecule has 1 fully saturated rings. The first-order valence-corrected chi connectivity index (χ1v) is 6.58. The lowest BCUT2D eigenvalue weighted by atomic mass is 9.91. The molecule has 0 saturated heterocycles. The summed E-state index contributed by atoms with van der Waals surface area (Å²) in [6.45, 7) is 2.07. The number of nitrogens with zero attached hydrogens (tertiary/aromatic N) is 1. The SMILES string of the molecule is Cc1cc(NC2CCCC(N)C2)ncc1Br. The maximum atomic E-state index is 5.96. The highest BCUT2D eigenvalue weighted by Gasteiger charge is 2.19. The Labute approximate surface area is 105 Å². The van der Waals surface area contributed by atoms with E-state index in [0.717, 1.165) is 23.1 Å². The molecule has 0 aliphatic heterocycles. The Bertz CT molecular complexity index is 367. The van der Waals surface area contributed by atoms with Crippen molar-refractivity contribution in [1.29, 1.82) is 0 Å². The average molecular weight is 284 g/mol. The van der Waals surface area contributed by atoms with Gasteiger partial charge in [0, 0.05) is 22.8 Å². The normalized spacial score (nSPS) is 25.4. The molecule has 3 nitrogen and oxygen atoms in total. The lowest BCUT2D eigenvalue weighted by molar-refractivity contribution is 0.409. The highest BCUT2D eigenvalue weighted by Crippen LogP contribution is 2.22. The Balaban J connectivity index is 2.00. The van der Waals surface area contributed by atoms with E-state index in [1.807, 2.05) is 6.20 Å². The fourth-order valence-corrected chi connectivity index (χ4v) is 2.40. The van der Waals surface area contributed by atoms with Gasteiger partial charge in [-0.3, -0.25) is 0 Å². The van der Waals surface area contributed by atoms with Crippen molar-refractivity contribution in [1.82, 2.24) is 4.98 Å². The van der Waals surface area contributed by atoms with Gasteiger partial charge in [0.15, 0.2) is 0 Å². The van der Waals surface area contributed by atoms with Crippen LogP contribution < -0.4 is 11.1 Å². The monoisotopic (exact) mass is 283 g/mol. The van der Waals surface area contributed by atoms with Crippen molar-refractivity contribution in [3.8, 4) is 0 Å². The van der Waals surface area contributed by atoms with Crippen LogP contribution >= 0.6 is 15.9 Å². The minimum Gasteiger partial charge on any atom is -0.367 e. The summed E-state index contributed by atoms with van der Waals surface area (Å²) in [6.07, 6.45) is 6.47. The molecular formula is C12H18BrN3. The van der Waals surface area contributed by atoms with Gasteiger partial charge in [0.25, 0.3) is 0 Å². The van der Waals surface area contributed by atoms with Gasteiger partial charge in [0.05, 0.1) is 0 Å². The van der Waals surface area contributed by atoms with Gasteiger partial charge in [0.2, 0.25) is 0 Å². The lowest BCUT2D eigenvalue weighted by Gasteiger charge is -2.27. The summed E-state index contributed by atoms with van der Waals surface area (Å²) in [5, 5.41) is 3.47. The number of hydrogen-bond donors (Lipinski definition) is 2. The molecule has 88 valence electrons. The molecule has 1 aliphatic carbocycles. The predicted octanol–water partition coefficient (Wildman–Crippen LogP) is 2.83. The van der Waals surface area contributed by atoms with Gasteiger partial charge >= 0.3 is 0 Å². The van der Waals surface area contributed by atoms with Crippen LogP contribution in [0, 0.1) is 6.92 Å². The van der Waals surface area contributed by atoms with E-state index in [-0.39, 0.29) is 0 Å². The smallest absolute Gasteiger partial charge is 0.126 e. The molecule has 16 heavy (non-hydrogen) atoms. The van der Waals surface area contributed by atoms with Gasteiger partial charge in [0.1, 0.15) is 5.82 Å². The van der Waals surface area contributed by atoms with Gasteiger partial charge in [-0.15, -0.1) is 0 Å². The second-order valence-electron chi connectivity index (χ2n) is 4.59. The van der Waals surface area contributed by atoms with Gasteiger partial charge in [-0.25, -0.2) is 4.98 Å². The van der Waals surface area contributed by atoms with Crippen molar-refractivity contribution < 1.29 is 0 Å². The molecule has 1 aliphatic rings. The van der Waals surface area contributed by atoms with E-state index in [1.165, 1.54) is 18.4 Å². The minimum atomic E-state index is 0.350. The molecule has 1 heterocycles. The number of nitrogens with one attached hydrogen (secondary N) is 1. The first kappa shape index (κ1) is 11.9. The van der Waals surface area contributed by atoms with E-state index in [4.69, 9.17) is 5.73 Å². The largest absolute Gasteiger partial charge is 0.367 e. The third kappa shape index (κ3) is 2.95. The van der Waals surface area contributed by atoms with E-state index in [1.54, 1.807) is 0 Å². The maximum absolute atomic E-state index is 5.96. The zero-order chi connectivity index (χ0) is 11.5. The third-order valence-electron chi connectivity index (χ3n) is 3.11. The molecule has 0 radical (unpaired) electrons. The lowest BCUT2D eigenvalue weighted by Crippen LogP contribution is -2.35. The fourth-order valence-electron chi connectivity index (χ4n) is 2.19. The standard InChI is InChI=1S/C12H18BrN3/c1-8-5-12(15-7-11(8)13)16-10-4-2-3-9(14)6-10/h5,7,9-10H,2-4,6,14H2,1H3,(H,15,16). The van der Waals surface area contributed by atoms with Crippen LogP contribution in [-0.4, -0.2) is 17.1 Å². The molecule has 4 heteroatoms. The van der Waals surface area contributed by atoms with Crippen LogP contribution in [0.3, 0.4) is 0 Å². The number of aromatic nitrogens is 1. The van der Waals surface area contributed by atoms with Crippen LogP contribution in [0.25, 0.3) is 0 Å². The summed E-state index contributed by atoms with van der Waals surface area (Å²) >= 11 is 3.45. The second kappa shape index (κ2) is 5.15. The van der Waals surface area contributed by atoms with Crippen molar-refractivity contribution >= 4 is 21.7 Å². The van der Waals surface area contributed by atoms with Crippen LogP contribution in [0.15, 0.2) is 16.7 Å². The average Bonchev–Trinajstić information content (AvgIpc) is 2.24. The number of halogens is 1. The molecule has 1 saturated carbocycles. The Morgan fingerprint density at radius 1 is 1.50 bits per heavy atom. The van der Waals surface area contributed by atoms with Crippen LogP contribution in [-0.2, 0) is 0 Å². The van der Waals surface area contributed by atoms with Gasteiger partial charge in [-0.1, -0.05) is 0 Å². The van der Waals surface area contributed by atoms with Gasteiger partial charge in [-0.2, -0.15) is 0 Å². The predicted molar refractivity (Wildman–Crippen MR) is 70.5 cm³/mol. The Morgan fingerprint density at radius 2 is 2.31 bits per heavy atom. The fraction of sp³-hybridized carbons (Fsp3) is 0.583. The van der Waals surface area contributed by atoms with Gasteiger partial charge in [-0.05, 0) is 60.2 Å². The zero-order valence-corrected chi connectivity index (χ0v) is 11.1. The molecule has 3 N–H and O–H groups in total. The Hall–Kier alpha value is -0.610. The van der Waals surface area contributed by atoms with E-state index >= 15 is 0 Å². The first-order chi connectivity index (χ1) is 7.65. The van der Waals surface area contributed by atoms with Crippen molar-refractivity contribution in [3.05, 3.63) is 22.3 Å². The van der Waals surface area contributed by atoms with Crippen molar-refractivity contribution in [2.75, 3.05) is 5.32 Å². The summed E-state index contributed by atoms with van der Waals surface area (Å²) in [6, 6.07) is 2.91. The van der Waals surface area contributed by atoms with Crippen molar-refractivity contribution in [3.63, 3.8) is 0 Å². The summed E-state index contributed by atoms with van der Waals surface area (Å²) in [7, 11) is 0. The Morgan fingerprint density at radius 3 is 3.00 bits per heavy atom. The van der Waals surface area contributed by atoms with E-state index in [2.05, 4.69) is 39.2 Å². The summed E-state index contributed by atoms with van der Waals surface area (Å²) in [4.78, 5) is 4.36. The number of nitrogens with two attached hydrogens (primary N) is 1. The summed E-state index contributed by atoms with van der Waals surface area (Å²) in [5.41, 5.74) is 7.17. The molecule has 2 atom stereocenters. The molecule has 0 bridgehead atoms. The van der Waals surface area contributed by atoms with Crippen LogP contribution in [0.2, 0.25) is 0 Å². The van der Waals surface area contributed by atoms with E-state index in [9.17, 15) is 0 Å². The van der Waals surface area contributed by atoms with Crippen LogP contribution in [0.4, 0.5) is 5.82 Å². The second-order valence-corrected chi connectivity index (χ2v) is 5.44. The van der Waals surface area contributed by atoms with Crippen molar-refractivity contribution in [2.24, 2.45) is 5.73 Å². The number of rotatable bonds is 2. The Kier molecular flexibility index (Phi) is 3.82. The minimum absolute atomic E-state index is 0.350. The van der Waals surface area contributed by atoms with Crippen molar-refractivity contribution in [2.45, 2.75) is 44.7 Å². The highest BCUT2D eigenvalue weighted by atomic mass is 79.9. The number of hydrogen-bond acceptors (Lipinski definition) is 3. The summed E-state index contributed by atoms with van der Waals surface area (Å²) < 4.78 is 1.05. The molecule has 1 aromatic heterocycles. The molecule has 0 spiro atoms. The molecule has 2 rings (SSSR count). The van der Waals surface area contributed by atoms with Crippen LogP contribution in [0.1, 0.15) is 31.2 Å². The third-order valence-corrected chi connectivity index (χ3v) is 3.94. The van der Waals surface area contributed by atoms with E-state index in [0.29, 0.717) is 12.1 Å². The number of aryl methyl sites for hydroxylation is 1. The topological polar surface area (TPSA) is 50.9 Å². The molecule has 2 unspecified atom stereocenters. The molecule has 0 amide bonds. The zero-order valence-electron chi connectivity index (χ0n) is 9.54. The van der Waals surface area contributed by atoms with Crippen LogP contribution in [0.5, 0.6) is 0 Å². The highest BCUT2D eigenvalue weighted by molar-refractivity contribution is 9.10. The number of anilines is 1. The first-order valence-electron chi connectivity index (χ1n) is 5.79. The maximum Gasteiger partial charge on any atom is 0.126 e. The summed E-state index contributed by atoms with van der Waals surface area (Å²) in [5.74, 6) is 0.958.